The van der Waals surface area contributed by atoms with Gasteiger partial charge in [-0.2, -0.15) is 23.3 Å². The summed E-state index contributed by atoms with van der Waals surface area (Å²) in [6.07, 6.45) is -4.46. The van der Waals surface area contributed by atoms with Gasteiger partial charge in [0, 0.05) is 28.9 Å². The molecule has 32 heavy (non-hydrogen) atoms. The van der Waals surface area contributed by atoms with Crippen molar-refractivity contribution in [2.75, 3.05) is 5.32 Å². The zero-order chi connectivity index (χ0) is 23.2. The average Bonchev–Trinajstić information content (AvgIpc) is 3.31. The smallest absolute Gasteiger partial charge is 0.453 e. The molecule has 0 spiro atoms. The fourth-order valence-electron chi connectivity index (χ4n) is 3.41. The minimum Gasteiger partial charge on any atom is -0.476 e. The molecule has 166 valence electrons. The minimum atomic E-state index is -4.69. The Kier molecular flexibility index (Phi) is 5.03. The number of hydrogen-bond acceptors (Lipinski definition) is 6. The van der Waals surface area contributed by atoms with Crippen molar-refractivity contribution in [3.63, 3.8) is 0 Å². The number of benzene rings is 1. The molecule has 3 N–H and O–H groups in total. The number of fused-ring (bicyclic) bond motifs is 2. The number of alkyl halides is 3. The molecule has 0 unspecified atom stereocenters. The highest BCUT2D eigenvalue weighted by Gasteiger charge is 2.37. The number of amides is 1. The highest BCUT2D eigenvalue weighted by Crippen LogP contribution is 2.27. The minimum absolute atomic E-state index is 0.0188. The number of aromatic amines is 1. The molecule has 0 aliphatic carbocycles. The van der Waals surface area contributed by atoms with Gasteiger partial charge in [0.25, 0.3) is 11.6 Å². The Morgan fingerprint density at radius 1 is 1.22 bits per heavy atom. The van der Waals surface area contributed by atoms with E-state index in [-0.39, 0.29) is 30.2 Å². The Morgan fingerprint density at radius 3 is 2.66 bits per heavy atom. The Bertz CT molecular complexity index is 1370. The van der Waals surface area contributed by atoms with Crippen molar-refractivity contribution in [3.05, 3.63) is 46.7 Å². The van der Waals surface area contributed by atoms with E-state index in [4.69, 9.17) is 0 Å². The number of carbonyl (C=O) groups excluding carboxylic acids is 1. The quantitative estimate of drug-likeness (QED) is 0.428. The number of nitrogens with zero attached hydrogens (tertiary/aromatic N) is 5. The number of carboxylic acids is 1. The van der Waals surface area contributed by atoms with E-state index in [9.17, 15) is 27.9 Å². The van der Waals surface area contributed by atoms with Crippen LogP contribution in [-0.2, 0) is 17.4 Å². The summed E-state index contributed by atoms with van der Waals surface area (Å²) in [5, 5.41) is 22.0. The Labute approximate surface area is 177 Å². The number of aromatic nitrogens is 6. The maximum Gasteiger partial charge on any atom is 0.453 e. The summed E-state index contributed by atoms with van der Waals surface area (Å²) in [5.41, 5.74) is 2.19. The molecular formula is C19H16F3N7O3. The lowest BCUT2D eigenvalue weighted by Crippen LogP contribution is -2.14. The zero-order valence-corrected chi connectivity index (χ0v) is 16.8. The number of carboxylic acid groups (broad SMARTS) is 1. The van der Waals surface area contributed by atoms with Gasteiger partial charge >= 0.3 is 12.1 Å². The number of carbonyl (C=O) groups is 2. The predicted molar refractivity (Wildman–Crippen MR) is 105 cm³/mol. The van der Waals surface area contributed by atoms with Crippen molar-refractivity contribution in [2.24, 2.45) is 0 Å². The lowest BCUT2D eigenvalue weighted by Gasteiger charge is -2.10. The molecule has 4 rings (SSSR count). The van der Waals surface area contributed by atoms with Crippen LogP contribution in [0.4, 0.5) is 18.9 Å². The Hall–Kier alpha value is -4.03. The van der Waals surface area contributed by atoms with Crippen molar-refractivity contribution in [3.8, 4) is 0 Å². The summed E-state index contributed by atoms with van der Waals surface area (Å²) in [7, 11) is 0. The summed E-state index contributed by atoms with van der Waals surface area (Å²) in [6, 6.07) is 4.69. The normalized spacial score (nSPS) is 11.9. The van der Waals surface area contributed by atoms with Crippen LogP contribution in [0.25, 0.3) is 16.7 Å². The van der Waals surface area contributed by atoms with Gasteiger partial charge in [0.2, 0.25) is 5.91 Å². The molecule has 3 aromatic heterocycles. The molecule has 3 heterocycles. The molecule has 10 nitrogen and oxygen atoms in total. The lowest BCUT2D eigenvalue weighted by atomic mass is 10.1. The van der Waals surface area contributed by atoms with Crippen LogP contribution in [0.5, 0.6) is 0 Å². The number of nitrogens with one attached hydrogen (secondary N) is 2. The van der Waals surface area contributed by atoms with Gasteiger partial charge in [-0.15, -0.1) is 5.10 Å². The second-order valence-corrected chi connectivity index (χ2v) is 7.09. The van der Waals surface area contributed by atoms with E-state index in [2.05, 4.69) is 30.6 Å². The fourth-order valence-corrected chi connectivity index (χ4v) is 3.41. The molecular weight excluding hydrogens is 431 g/mol. The van der Waals surface area contributed by atoms with E-state index in [0.29, 0.717) is 33.5 Å². The van der Waals surface area contributed by atoms with Crippen LogP contribution in [0.1, 0.15) is 39.7 Å². The fraction of sp³-hybridized carbons (Fsp3) is 0.263. The second-order valence-electron chi connectivity index (χ2n) is 7.09. The molecule has 0 atom stereocenters. The number of hydrogen-bond donors (Lipinski definition) is 3. The SMILES string of the molecule is Cc1nc2nc(C(F)(F)F)nn2c(C)c1CCC(=O)Nc1ccc2[nH]nc(C(=O)O)c2c1. The van der Waals surface area contributed by atoms with Crippen LogP contribution in [0.3, 0.4) is 0 Å². The second kappa shape index (κ2) is 7.59. The first kappa shape index (κ1) is 21.2. The zero-order valence-electron chi connectivity index (χ0n) is 16.8. The number of aryl methyl sites for hydroxylation is 2. The largest absolute Gasteiger partial charge is 0.476 e. The Balaban J connectivity index is 1.52. The molecule has 0 aliphatic heterocycles. The first-order valence-corrected chi connectivity index (χ1v) is 9.36. The number of anilines is 1. The first-order valence-electron chi connectivity index (χ1n) is 9.36. The van der Waals surface area contributed by atoms with Crippen molar-refractivity contribution in [1.29, 1.82) is 0 Å². The van der Waals surface area contributed by atoms with Gasteiger partial charge in [-0.25, -0.2) is 14.3 Å². The molecule has 0 saturated carbocycles. The molecule has 4 aromatic rings. The van der Waals surface area contributed by atoms with E-state index >= 15 is 0 Å². The molecule has 1 amide bonds. The van der Waals surface area contributed by atoms with E-state index < -0.39 is 18.0 Å². The summed E-state index contributed by atoms with van der Waals surface area (Å²) in [5.74, 6) is -3.01. The maximum atomic E-state index is 12.9. The number of H-pyrrole nitrogens is 1. The van der Waals surface area contributed by atoms with Crippen LogP contribution in [0.15, 0.2) is 18.2 Å². The molecule has 0 saturated heterocycles. The van der Waals surface area contributed by atoms with Crippen LogP contribution < -0.4 is 5.32 Å². The number of aromatic carboxylic acids is 1. The van der Waals surface area contributed by atoms with E-state index in [1.165, 1.54) is 6.07 Å². The lowest BCUT2D eigenvalue weighted by molar-refractivity contribution is -0.144. The highest BCUT2D eigenvalue weighted by atomic mass is 19.4. The number of rotatable bonds is 5. The van der Waals surface area contributed by atoms with Crippen LogP contribution in [0.2, 0.25) is 0 Å². The molecule has 0 aliphatic rings. The molecule has 13 heteroatoms. The molecule has 1 aromatic carbocycles. The third kappa shape index (κ3) is 3.84. The molecule has 0 fully saturated rings. The maximum absolute atomic E-state index is 12.9. The third-order valence-electron chi connectivity index (χ3n) is 4.95. The van der Waals surface area contributed by atoms with E-state index in [1.54, 1.807) is 26.0 Å². The van der Waals surface area contributed by atoms with Crippen molar-refractivity contribution >= 4 is 34.2 Å². The highest BCUT2D eigenvalue weighted by molar-refractivity contribution is 6.03. The van der Waals surface area contributed by atoms with Crippen LogP contribution in [-0.4, -0.2) is 46.8 Å². The summed E-state index contributed by atoms with van der Waals surface area (Å²) >= 11 is 0. The van der Waals surface area contributed by atoms with Gasteiger partial charge in [-0.3, -0.25) is 9.89 Å². The summed E-state index contributed by atoms with van der Waals surface area (Å²) in [4.78, 5) is 31.2. The molecule has 0 radical (unpaired) electrons. The number of halogens is 3. The Morgan fingerprint density at radius 2 is 1.97 bits per heavy atom. The van der Waals surface area contributed by atoms with Crippen molar-refractivity contribution in [2.45, 2.75) is 32.9 Å². The predicted octanol–water partition coefficient (Wildman–Crippen LogP) is 2.91. The summed E-state index contributed by atoms with van der Waals surface area (Å²) < 4.78 is 39.7. The van der Waals surface area contributed by atoms with Crippen LogP contribution >= 0.6 is 0 Å². The van der Waals surface area contributed by atoms with E-state index in [0.717, 1.165) is 4.52 Å². The topological polar surface area (TPSA) is 138 Å². The standard InChI is InChI=1S/C19H16F3N7O3/c1-8-11(9(2)29-18(23-8)25-17(28-29)19(20,21)22)4-6-14(30)24-10-3-5-13-12(7-10)15(16(31)32)27-26-13/h3,5,7H,4,6H2,1-2H3,(H,24,30)(H,26,27)(H,31,32). The molecule has 0 bridgehead atoms. The summed E-state index contributed by atoms with van der Waals surface area (Å²) in [6.45, 7) is 3.21. The van der Waals surface area contributed by atoms with Gasteiger partial charge < -0.3 is 10.4 Å². The van der Waals surface area contributed by atoms with Gasteiger partial charge in [0.05, 0.1) is 5.52 Å². The third-order valence-corrected chi connectivity index (χ3v) is 4.95. The monoisotopic (exact) mass is 447 g/mol. The van der Waals surface area contributed by atoms with Gasteiger partial charge in [-0.05, 0) is 44.0 Å². The van der Waals surface area contributed by atoms with Crippen molar-refractivity contribution in [1.82, 2.24) is 29.8 Å². The van der Waals surface area contributed by atoms with Crippen molar-refractivity contribution < 1.29 is 27.9 Å². The van der Waals surface area contributed by atoms with Crippen LogP contribution in [0, 0.1) is 13.8 Å². The van der Waals surface area contributed by atoms with Gasteiger partial charge in [0.1, 0.15) is 0 Å². The van der Waals surface area contributed by atoms with Gasteiger partial charge in [-0.1, -0.05) is 0 Å². The van der Waals surface area contributed by atoms with Gasteiger partial charge in [0.15, 0.2) is 5.69 Å². The average molecular weight is 447 g/mol. The first-order chi connectivity index (χ1) is 15.0. The van der Waals surface area contributed by atoms with E-state index in [1.807, 2.05) is 0 Å².